The number of hydrogen-bond donors (Lipinski definition) is 1. The van der Waals surface area contributed by atoms with E-state index in [1.165, 1.54) is 15.2 Å². The Morgan fingerprint density at radius 1 is 1.09 bits per heavy atom. The number of fused-ring (bicyclic) bond motifs is 2. The van der Waals surface area contributed by atoms with Crippen molar-refractivity contribution in [3.05, 3.63) is 78.7 Å². The molecule has 1 unspecified atom stereocenters. The minimum Gasteiger partial charge on any atom is -0.444 e. The van der Waals surface area contributed by atoms with Crippen molar-refractivity contribution in [2.75, 3.05) is 18.0 Å². The summed E-state index contributed by atoms with van der Waals surface area (Å²) in [4.78, 5) is 60.0. The van der Waals surface area contributed by atoms with Gasteiger partial charge in [0.05, 0.1) is 12.1 Å². The van der Waals surface area contributed by atoms with Gasteiger partial charge < -0.3 is 24.1 Å². The van der Waals surface area contributed by atoms with Crippen LogP contribution in [0.25, 0.3) is 22.1 Å². The lowest BCUT2D eigenvalue weighted by Gasteiger charge is -2.34. The van der Waals surface area contributed by atoms with E-state index in [2.05, 4.69) is 5.32 Å². The highest BCUT2D eigenvalue weighted by molar-refractivity contribution is 5.82. The molecule has 1 atom stereocenters. The molecule has 1 amide bonds. The van der Waals surface area contributed by atoms with E-state index in [-0.39, 0.29) is 23.8 Å². The largest absolute Gasteiger partial charge is 0.444 e. The second-order valence-corrected chi connectivity index (χ2v) is 12.7. The molecule has 0 radical (unpaired) electrons. The summed E-state index contributed by atoms with van der Waals surface area (Å²) in [5.41, 5.74) is 1.13. The maximum absolute atomic E-state index is 14.2. The molecule has 0 bridgehead atoms. The van der Waals surface area contributed by atoms with Crippen molar-refractivity contribution in [2.45, 2.75) is 72.2 Å². The van der Waals surface area contributed by atoms with E-state index in [0.29, 0.717) is 36.7 Å². The molecule has 1 aromatic carbocycles. The van der Waals surface area contributed by atoms with Gasteiger partial charge in [-0.2, -0.15) is 4.98 Å². The van der Waals surface area contributed by atoms with Gasteiger partial charge >= 0.3 is 11.8 Å². The molecular formula is C32H41N7O5. The standard InChI is InChI=1S/C32H41N7O5/c1-20(2)14-16-38-26-27(34-29(38)37-15-10-11-22(19-37)33-30(42)44-32(3,4)5)36(7)31(43)39(28(26)41)18-21-17-25(40)35(6)24-13-9-8-12-23(21)24/h8-9,12-14,17,22H,10-11,15-16,18-19H2,1-7H3,(H,33,42). The summed E-state index contributed by atoms with van der Waals surface area (Å²) in [5, 5.41) is 3.76. The van der Waals surface area contributed by atoms with Gasteiger partial charge in [0.1, 0.15) is 5.60 Å². The number of rotatable bonds is 6. The molecule has 44 heavy (non-hydrogen) atoms. The lowest BCUT2D eigenvalue weighted by Crippen LogP contribution is -2.49. The Hall–Kier alpha value is -4.61. The summed E-state index contributed by atoms with van der Waals surface area (Å²) in [7, 11) is 3.30. The van der Waals surface area contributed by atoms with Gasteiger partial charge in [0.15, 0.2) is 11.2 Å². The average Bonchev–Trinajstić information content (AvgIpc) is 3.34. The fourth-order valence-electron chi connectivity index (χ4n) is 5.72. The van der Waals surface area contributed by atoms with Crippen molar-refractivity contribution in [1.29, 1.82) is 0 Å². The monoisotopic (exact) mass is 603 g/mol. The number of imidazole rings is 1. The number of aromatic nitrogens is 5. The van der Waals surface area contributed by atoms with Crippen molar-refractivity contribution in [1.82, 2.24) is 28.6 Å². The zero-order valence-electron chi connectivity index (χ0n) is 26.5. The molecule has 3 aromatic heterocycles. The maximum atomic E-state index is 14.2. The summed E-state index contributed by atoms with van der Waals surface area (Å²) >= 11 is 0. The number of para-hydroxylation sites is 1. The van der Waals surface area contributed by atoms with Gasteiger partial charge in [-0.25, -0.2) is 9.59 Å². The van der Waals surface area contributed by atoms with E-state index in [0.717, 1.165) is 29.3 Å². The molecule has 1 N–H and O–H groups in total. The normalized spacial score (nSPS) is 15.5. The van der Waals surface area contributed by atoms with E-state index in [1.54, 1.807) is 18.7 Å². The molecular weight excluding hydrogens is 562 g/mol. The van der Waals surface area contributed by atoms with Crippen LogP contribution in [0.1, 0.15) is 53.0 Å². The minimum atomic E-state index is -0.611. The van der Waals surface area contributed by atoms with Crippen LogP contribution in [-0.2, 0) is 31.9 Å². The van der Waals surface area contributed by atoms with Crippen LogP contribution in [0.15, 0.2) is 56.4 Å². The van der Waals surface area contributed by atoms with Crippen molar-refractivity contribution >= 4 is 34.1 Å². The van der Waals surface area contributed by atoms with E-state index >= 15 is 0 Å². The van der Waals surface area contributed by atoms with Crippen LogP contribution in [0.4, 0.5) is 10.7 Å². The van der Waals surface area contributed by atoms with Gasteiger partial charge in [0, 0.05) is 51.2 Å². The summed E-state index contributed by atoms with van der Waals surface area (Å²) in [6, 6.07) is 8.74. The van der Waals surface area contributed by atoms with Gasteiger partial charge in [0.2, 0.25) is 5.95 Å². The van der Waals surface area contributed by atoms with Crippen LogP contribution in [0.3, 0.4) is 0 Å². The summed E-state index contributed by atoms with van der Waals surface area (Å²) in [6.07, 6.45) is 3.11. The lowest BCUT2D eigenvalue weighted by atomic mass is 10.1. The zero-order chi connectivity index (χ0) is 31.9. The number of pyridine rings is 1. The topological polar surface area (TPSA) is 125 Å². The number of anilines is 1. The number of nitrogens with one attached hydrogen (secondary N) is 1. The number of ether oxygens (including phenoxy) is 1. The fourth-order valence-corrected chi connectivity index (χ4v) is 5.72. The summed E-state index contributed by atoms with van der Waals surface area (Å²) in [6.45, 7) is 10.9. The number of carbonyl (C=O) groups excluding carboxylic acids is 1. The fraction of sp³-hybridized carbons (Fsp3) is 0.469. The Morgan fingerprint density at radius 3 is 2.52 bits per heavy atom. The lowest BCUT2D eigenvalue weighted by molar-refractivity contribution is 0.0499. The number of allylic oxidation sites excluding steroid dienone is 2. The first-order chi connectivity index (χ1) is 20.7. The molecule has 0 spiro atoms. The highest BCUT2D eigenvalue weighted by Gasteiger charge is 2.29. The molecule has 1 saturated heterocycles. The number of benzene rings is 1. The zero-order valence-corrected chi connectivity index (χ0v) is 26.5. The third-order valence-electron chi connectivity index (χ3n) is 7.89. The van der Waals surface area contributed by atoms with Crippen LogP contribution in [-0.4, -0.2) is 54.1 Å². The Balaban J connectivity index is 1.61. The number of hydrogen-bond acceptors (Lipinski definition) is 7. The molecule has 12 nitrogen and oxygen atoms in total. The smallest absolute Gasteiger partial charge is 0.407 e. The predicted octanol–water partition coefficient (Wildman–Crippen LogP) is 3.26. The Labute approximate surface area is 255 Å². The first-order valence-electron chi connectivity index (χ1n) is 14.9. The molecule has 12 heteroatoms. The molecule has 4 heterocycles. The molecule has 5 rings (SSSR count). The highest BCUT2D eigenvalue weighted by atomic mass is 16.6. The molecule has 1 aliphatic heterocycles. The second-order valence-electron chi connectivity index (χ2n) is 12.7. The third-order valence-corrected chi connectivity index (χ3v) is 7.89. The van der Waals surface area contributed by atoms with Crippen LogP contribution in [0.2, 0.25) is 0 Å². The van der Waals surface area contributed by atoms with Crippen molar-refractivity contribution in [3.63, 3.8) is 0 Å². The molecule has 1 aliphatic rings. The molecule has 0 saturated carbocycles. The van der Waals surface area contributed by atoms with E-state index in [1.807, 2.05) is 74.4 Å². The number of piperidine rings is 1. The van der Waals surface area contributed by atoms with E-state index < -0.39 is 22.9 Å². The van der Waals surface area contributed by atoms with E-state index in [9.17, 15) is 19.2 Å². The van der Waals surface area contributed by atoms with Crippen molar-refractivity contribution in [2.24, 2.45) is 14.1 Å². The highest BCUT2D eigenvalue weighted by Crippen LogP contribution is 2.24. The van der Waals surface area contributed by atoms with Crippen LogP contribution in [0, 0.1) is 0 Å². The van der Waals surface area contributed by atoms with Crippen LogP contribution >= 0.6 is 0 Å². The number of aryl methyl sites for hydroxylation is 2. The van der Waals surface area contributed by atoms with E-state index in [4.69, 9.17) is 9.72 Å². The van der Waals surface area contributed by atoms with Crippen LogP contribution < -0.4 is 27.0 Å². The SMILES string of the molecule is CC(C)=CCn1c(N2CCCC(NC(=O)OC(C)(C)C)C2)nc2c1c(=O)n(Cc1cc(=O)n(C)c3ccccc13)c(=O)n2C. The molecule has 0 aliphatic carbocycles. The first kappa shape index (κ1) is 30.8. The quantitative estimate of drug-likeness (QED) is 0.336. The maximum Gasteiger partial charge on any atom is 0.407 e. The third kappa shape index (κ3) is 6.06. The van der Waals surface area contributed by atoms with Crippen molar-refractivity contribution in [3.8, 4) is 0 Å². The van der Waals surface area contributed by atoms with Gasteiger partial charge in [0.25, 0.3) is 11.1 Å². The van der Waals surface area contributed by atoms with Gasteiger partial charge in [-0.1, -0.05) is 29.8 Å². The van der Waals surface area contributed by atoms with Crippen molar-refractivity contribution < 1.29 is 9.53 Å². The number of alkyl carbamates (subject to hydrolysis) is 1. The summed E-state index contributed by atoms with van der Waals surface area (Å²) in [5.74, 6) is 0.553. The Morgan fingerprint density at radius 2 is 1.82 bits per heavy atom. The first-order valence-corrected chi connectivity index (χ1v) is 14.9. The number of nitrogens with zero attached hydrogens (tertiary/aromatic N) is 6. The van der Waals surface area contributed by atoms with Gasteiger partial charge in [-0.3, -0.25) is 18.7 Å². The van der Waals surface area contributed by atoms with Crippen LogP contribution in [0.5, 0.6) is 0 Å². The van der Waals surface area contributed by atoms with Gasteiger partial charge in [-0.15, -0.1) is 0 Å². The minimum absolute atomic E-state index is 0.0627. The predicted molar refractivity (Wildman–Crippen MR) is 172 cm³/mol. The molecule has 234 valence electrons. The Bertz CT molecular complexity index is 1950. The number of carbonyl (C=O) groups is 1. The second kappa shape index (κ2) is 11.8. The Kier molecular flexibility index (Phi) is 8.28. The number of amides is 1. The molecule has 1 fully saturated rings. The summed E-state index contributed by atoms with van der Waals surface area (Å²) < 4.78 is 11.4. The van der Waals surface area contributed by atoms with Gasteiger partial charge in [-0.05, 0) is 59.1 Å². The molecule has 4 aromatic rings. The average molecular weight is 604 g/mol.